The van der Waals surface area contributed by atoms with Crippen molar-refractivity contribution in [3.05, 3.63) is 51.1 Å². The van der Waals surface area contributed by atoms with Gasteiger partial charge < -0.3 is 9.72 Å². The lowest BCUT2D eigenvalue weighted by Crippen LogP contribution is -2.22. The van der Waals surface area contributed by atoms with Crippen molar-refractivity contribution in [2.24, 2.45) is 0 Å². The first-order chi connectivity index (χ1) is 8.11. The van der Waals surface area contributed by atoms with Crippen LogP contribution in [0.2, 0.25) is 0 Å². The van der Waals surface area contributed by atoms with Crippen molar-refractivity contribution in [3.8, 4) is 16.9 Å². The molecule has 2 N–H and O–H groups in total. The molecule has 0 atom stereocenters. The third-order valence-electron chi connectivity index (χ3n) is 2.27. The number of methoxy groups -OCH3 is 1. The highest BCUT2D eigenvalue weighted by molar-refractivity contribution is 5.68. The molecule has 0 spiro atoms. The summed E-state index contributed by atoms with van der Waals surface area (Å²) in [6.07, 6.45) is 1.22. The average Bonchev–Trinajstić information content (AvgIpc) is 2.29. The van der Waals surface area contributed by atoms with Crippen molar-refractivity contribution < 1.29 is 9.13 Å². The summed E-state index contributed by atoms with van der Waals surface area (Å²) >= 11 is 0. The highest BCUT2D eigenvalue weighted by atomic mass is 19.1. The first kappa shape index (κ1) is 11.1. The Hall–Kier alpha value is -2.37. The van der Waals surface area contributed by atoms with Crippen LogP contribution in [0.5, 0.6) is 5.75 Å². The van der Waals surface area contributed by atoms with Crippen LogP contribution >= 0.6 is 0 Å². The molecule has 17 heavy (non-hydrogen) atoms. The Morgan fingerprint density at radius 3 is 2.65 bits per heavy atom. The number of rotatable bonds is 2. The molecule has 88 valence electrons. The summed E-state index contributed by atoms with van der Waals surface area (Å²) in [5, 5.41) is 0. The average molecular weight is 236 g/mol. The summed E-state index contributed by atoms with van der Waals surface area (Å²) in [5.74, 6) is -0.143. The molecule has 0 aliphatic carbocycles. The Balaban J connectivity index is 2.71. The summed E-state index contributed by atoms with van der Waals surface area (Å²) in [4.78, 5) is 26.8. The zero-order valence-corrected chi connectivity index (χ0v) is 8.91. The van der Waals surface area contributed by atoms with Crippen LogP contribution in [-0.2, 0) is 0 Å². The molecule has 0 saturated carbocycles. The van der Waals surface area contributed by atoms with Crippen molar-refractivity contribution in [1.82, 2.24) is 9.97 Å². The van der Waals surface area contributed by atoms with Crippen molar-refractivity contribution in [2.75, 3.05) is 7.11 Å². The molecule has 2 rings (SSSR count). The SMILES string of the molecule is COc1ccc(F)cc1-c1c[nH]c(=O)[nH]c1=O. The quantitative estimate of drug-likeness (QED) is 0.812. The number of benzene rings is 1. The minimum absolute atomic E-state index is 0.140. The van der Waals surface area contributed by atoms with Gasteiger partial charge in [0.1, 0.15) is 11.6 Å². The fourth-order valence-electron chi connectivity index (χ4n) is 1.50. The standard InChI is InChI=1S/C11H9FN2O3/c1-17-9-3-2-6(12)4-7(9)8-5-13-11(16)14-10(8)15/h2-5H,1H3,(H2,13,14,15,16). The van der Waals surface area contributed by atoms with Crippen LogP contribution in [0.25, 0.3) is 11.1 Å². The summed E-state index contributed by atoms with van der Waals surface area (Å²) in [6, 6.07) is 3.80. The maximum Gasteiger partial charge on any atom is 0.325 e. The van der Waals surface area contributed by atoms with Crippen LogP contribution in [0.3, 0.4) is 0 Å². The fraction of sp³-hybridized carbons (Fsp3) is 0.0909. The van der Waals surface area contributed by atoms with Crippen LogP contribution in [-0.4, -0.2) is 17.1 Å². The van der Waals surface area contributed by atoms with E-state index in [1.807, 2.05) is 0 Å². The van der Waals surface area contributed by atoms with Gasteiger partial charge in [-0.25, -0.2) is 9.18 Å². The number of halogens is 1. The Bertz CT molecular complexity index is 660. The van der Waals surface area contributed by atoms with Gasteiger partial charge in [0.2, 0.25) is 0 Å². The zero-order chi connectivity index (χ0) is 12.4. The Kier molecular flexibility index (Phi) is 2.78. The fourth-order valence-corrected chi connectivity index (χ4v) is 1.50. The van der Waals surface area contributed by atoms with E-state index in [0.717, 1.165) is 0 Å². The number of aromatic nitrogens is 2. The molecule has 6 heteroatoms. The second-order valence-electron chi connectivity index (χ2n) is 3.33. The van der Waals surface area contributed by atoms with Crippen molar-refractivity contribution in [3.63, 3.8) is 0 Å². The van der Waals surface area contributed by atoms with E-state index in [1.54, 1.807) is 0 Å². The molecule has 0 fully saturated rings. The molecule has 0 saturated heterocycles. The largest absolute Gasteiger partial charge is 0.496 e. The molecular formula is C11H9FN2O3. The highest BCUT2D eigenvalue weighted by Crippen LogP contribution is 2.27. The molecule has 1 aromatic heterocycles. The summed E-state index contributed by atoms with van der Waals surface area (Å²) in [7, 11) is 1.41. The van der Waals surface area contributed by atoms with E-state index < -0.39 is 17.1 Å². The first-order valence-corrected chi connectivity index (χ1v) is 4.77. The third kappa shape index (κ3) is 2.10. The second-order valence-corrected chi connectivity index (χ2v) is 3.33. The number of nitrogens with one attached hydrogen (secondary N) is 2. The van der Waals surface area contributed by atoms with Gasteiger partial charge in [0.25, 0.3) is 5.56 Å². The van der Waals surface area contributed by atoms with Gasteiger partial charge in [-0.1, -0.05) is 0 Å². The van der Waals surface area contributed by atoms with Crippen LogP contribution in [0.1, 0.15) is 0 Å². The number of H-pyrrole nitrogens is 2. The van der Waals surface area contributed by atoms with Crippen molar-refractivity contribution in [2.45, 2.75) is 0 Å². The molecule has 2 aromatic rings. The van der Waals surface area contributed by atoms with Crippen LogP contribution in [0.15, 0.2) is 34.0 Å². The summed E-state index contributed by atoms with van der Waals surface area (Å²) < 4.78 is 18.2. The van der Waals surface area contributed by atoms with Gasteiger partial charge in [-0.2, -0.15) is 0 Å². The predicted molar refractivity (Wildman–Crippen MR) is 59.6 cm³/mol. The van der Waals surface area contributed by atoms with E-state index in [4.69, 9.17) is 4.74 Å². The van der Waals surface area contributed by atoms with Gasteiger partial charge in [-0.15, -0.1) is 0 Å². The van der Waals surface area contributed by atoms with E-state index in [1.165, 1.54) is 31.5 Å². The van der Waals surface area contributed by atoms with Gasteiger partial charge in [-0.05, 0) is 18.2 Å². The van der Waals surface area contributed by atoms with Gasteiger partial charge >= 0.3 is 5.69 Å². The summed E-state index contributed by atoms with van der Waals surface area (Å²) in [6.45, 7) is 0. The maximum atomic E-state index is 13.1. The van der Waals surface area contributed by atoms with E-state index in [2.05, 4.69) is 9.97 Å². The highest BCUT2D eigenvalue weighted by Gasteiger charge is 2.11. The van der Waals surface area contributed by atoms with E-state index >= 15 is 0 Å². The lowest BCUT2D eigenvalue weighted by molar-refractivity contribution is 0.415. The molecule has 0 radical (unpaired) electrons. The molecule has 0 bridgehead atoms. The first-order valence-electron chi connectivity index (χ1n) is 4.77. The zero-order valence-electron chi connectivity index (χ0n) is 8.91. The molecule has 5 nitrogen and oxygen atoms in total. The topological polar surface area (TPSA) is 75.0 Å². The Labute approximate surface area is 94.9 Å². The van der Waals surface area contributed by atoms with Crippen molar-refractivity contribution in [1.29, 1.82) is 0 Å². The Morgan fingerprint density at radius 2 is 2.00 bits per heavy atom. The second kappa shape index (κ2) is 4.25. The lowest BCUT2D eigenvalue weighted by atomic mass is 10.1. The molecule has 1 heterocycles. The van der Waals surface area contributed by atoms with Gasteiger partial charge in [0.05, 0.1) is 12.7 Å². The van der Waals surface area contributed by atoms with Crippen LogP contribution in [0.4, 0.5) is 4.39 Å². The van der Waals surface area contributed by atoms with E-state index in [-0.39, 0.29) is 11.1 Å². The minimum atomic E-state index is -0.617. The molecule has 0 aliphatic rings. The normalized spacial score (nSPS) is 10.2. The molecule has 0 unspecified atom stereocenters. The third-order valence-corrected chi connectivity index (χ3v) is 2.27. The van der Waals surface area contributed by atoms with Crippen LogP contribution in [0, 0.1) is 5.82 Å². The molecule has 1 aromatic carbocycles. The number of hydrogen-bond acceptors (Lipinski definition) is 3. The number of ether oxygens (including phenoxy) is 1. The maximum absolute atomic E-state index is 13.1. The van der Waals surface area contributed by atoms with E-state index in [9.17, 15) is 14.0 Å². The monoisotopic (exact) mass is 236 g/mol. The van der Waals surface area contributed by atoms with Gasteiger partial charge in [0.15, 0.2) is 0 Å². The smallest absolute Gasteiger partial charge is 0.325 e. The predicted octanol–water partition coefficient (Wildman–Crippen LogP) is 0.878. The lowest BCUT2D eigenvalue weighted by Gasteiger charge is -2.07. The Morgan fingerprint density at radius 1 is 1.24 bits per heavy atom. The minimum Gasteiger partial charge on any atom is -0.496 e. The number of aromatic amines is 2. The van der Waals surface area contributed by atoms with Crippen molar-refractivity contribution >= 4 is 0 Å². The van der Waals surface area contributed by atoms with Gasteiger partial charge in [0, 0.05) is 11.8 Å². The molecular weight excluding hydrogens is 227 g/mol. The van der Waals surface area contributed by atoms with Crippen LogP contribution < -0.4 is 16.0 Å². The molecule has 0 aliphatic heterocycles. The molecule has 0 amide bonds. The number of hydrogen-bond donors (Lipinski definition) is 2. The summed E-state index contributed by atoms with van der Waals surface area (Å²) in [5.41, 5.74) is -0.794. The van der Waals surface area contributed by atoms with Gasteiger partial charge in [-0.3, -0.25) is 9.78 Å². The van der Waals surface area contributed by atoms with E-state index in [0.29, 0.717) is 5.75 Å².